The Morgan fingerprint density at radius 2 is 2.07 bits per heavy atom. The predicted molar refractivity (Wildman–Crippen MR) is 64.2 cm³/mol. The molecule has 84 valence electrons. The molecule has 0 radical (unpaired) electrons. The van der Waals surface area contributed by atoms with Crippen LogP contribution in [0.25, 0.3) is 0 Å². The maximum absolute atomic E-state index is 9.37. The normalized spacial score (nSPS) is 18.7. The first kappa shape index (κ1) is 12.1. The zero-order valence-electron chi connectivity index (χ0n) is 9.88. The largest absolute Gasteiger partial charge is 0.508 e. The Labute approximate surface area is 92.3 Å². The summed E-state index contributed by atoms with van der Waals surface area (Å²) in [7, 11) is 1.98. The quantitative estimate of drug-likeness (QED) is 0.742. The summed E-state index contributed by atoms with van der Waals surface area (Å²) in [4.78, 5) is 0. The number of nitrogens with one attached hydrogen (secondary N) is 1. The average molecular weight is 207 g/mol. The number of hydrogen-bond donors (Lipinski definition) is 2. The lowest BCUT2D eigenvalue weighted by Crippen LogP contribution is -2.21. The van der Waals surface area contributed by atoms with Crippen LogP contribution in [0, 0.1) is 0 Å². The van der Waals surface area contributed by atoms with Gasteiger partial charge in [-0.3, -0.25) is 0 Å². The molecule has 1 unspecified atom stereocenters. The van der Waals surface area contributed by atoms with Crippen LogP contribution < -0.4 is 5.32 Å². The van der Waals surface area contributed by atoms with Crippen LogP contribution in [0.5, 0.6) is 5.75 Å². The predicted octanol–water partition coefficient (Wildman–Crippen LogP) is 3.02. The van der Waals surface area contributed by atoms with Crippen LogP contribution in [0.1, 0.15) is 43.9 Å². The third kappa shape index (κ3) is 2.72. The van der Waals surface area contributed by atoms with Gasteiger partial charge in [0, 0.05) is 6.04 Å². The summed E-state index contributed by atoms with van der Waals surface area (Å²) >= 11 is 0. The molecule has 1 aromatic carbocycles. The number of aromatic hydroxyl groups is 1. The van der Waals surface area contributed by atoms with Gasteiger partial charge in [-0.2, -0.15) is 0 Å². The molecule has 0 heterocycles. The molecule has 1 aliphatic rings. The van der Waals surface area contributed by atoms with Crippen molar-refractivity contribution in [1.29, 1.82) is 0 Å². The summed E-state index contributed by atoms with van der Waals surface area (Å²) < 4.78 is 0. The summed E-state index contributed by atoms with van der Waals surface area (Å²) in [6, 6.07) is 6.12. The Hall–Kier alpha value is -1.02. The smallest absolute Gasteiger partial charge is 0.115 e. The standard InChI is InChI=1S/C11H15NO.C2H6/c1-12-11-4-2-3-8-5-6-9(13)7-10(8)11;1-2/h5-7,11-13H,2-4H2,1H3;1-2H3. The van der Waals surface area contributed by atoms with Gasteiger partial charge in [-0.05, 0) is 49.6 Å². The highest BCUT2D eigenvalue weighted by atomic mass is 16.3. The van der Waals surface area contributed by atoms with E-state index in [1.165, 1.54) is 24.0 Å². The molecule has 0 aromatic heterocycles. The Morgan fingerprint density at radius 1 is 1.33 bits per heavy atom. The summed E-state index contributed by atoms with van der Waals surface area (Å²) in [5.74, 6) is 0.376. The van der Waals surface area contributed by atoms with E-state index in [9.17, 15) is 5.11 Å². The highest BCUT2D eigenvalue weighted by Gasteiger charge is 2.18. The van der Waals surface area contributed by atoms with E-state index in [-0.39, 0.29) is 0 Å². The highest BCUT2D eigenvalue weighted by Crippen LogP contribution is 2.31. The minimum Gasteiger partial charge on any atom is -0.508 e. The van der Waals surface area contributed by atoms with E-state index >= 15 is 0 Å². The summed E-state index contributed by atoms with van der Waals surface area (Å²) in [6.07, 6.45) is 3.56. The molecule has 1 aliphatic carbocycles. The number of phenols is 1. The van der Waals surface area contributed by atoms with Crippen molar-refractivity contribution < 1.29 is 5.11 Å². The van der Waals surface area contributed by atoms with Gasteiger partial charge < -0.3 is 10.4 Å². The topological polar surface area (TPSA) is 32.3 Å². The molecule has 1 atom stereocenters. The molecule has 0 spiro atoms. The van der Waals surface area contributed by atoms with Gasteiger partial charge in [0.1, 0.15) is 5.75 Å². The van der Waals surface area contributed by atoms with Crippen molar-refractivity contribution in [1.82, 2.24) is 5.32 Å². The molecule has 15 heavy (non-hydrogen) atoms. The van der Waals surface area contributed by atoms with Crippen LogP contribution >= 0.6 is 0 Å². The molecule has 1 aromatic rings. The van der Waals surface area contributed by atoms with Crippen LogP contribution in [-0.2, 0) is 6.42 Å². The number of rotatable bonds is 1. The Bertz CT molecular complexity index is 309. The van der Waals surface area contributed by atoms with E-state index in [1.54, 1.807) is 6.07 Å². The molecule has 0 aliphatic heterocycles. The Morgan fingerprint density at radius 3 is 2.73 bits per heavy atom. The van der Waals surface area contributed by atoms with Crippen molar-refractivity contribution >= 4 is 0 Å². The lowest BCUT2D eigenvalue weighted by Gasteiger charge is -2.25. The molecule has 0 saturated carbocycles. The van der Waals surface area contributed by atoms with E-state index < -0.39 is 0 Å². The van der Waals surface area contributed by atoms with Gasteiger partial charge in [0.25, 0.3) is 0 Å². The van der Waals surface area contributed by atoms with E-state index in [0.717, 1.165) is 6.42 Å². The van der Waals surface area contributed by atoms with Crippen molar-refractivity contribution in [3.63, 3.8) is 0 Å². The fourth-order valence-corrected chi connectivity index (χ4v) is 2.09. The lowest BCUT2D eigenvalue weighted by molar-refractivity contribution is 0.462. The maximum Gasteiger partial charge on any atom is 0.115 e. The van der Waals surface area contributed by atoms with Gasteiger partial charge in [-0.25, -0.2) is 0 Å². The number of benzene rings is 1. The molecule has 2 N–H and O–H groups in total. The van der Waals surface area contributed by atoms with E-state index in [2.05, 4.69) is 5.32 Å². The van der Waals surface area contributed by atoms with E-state index in [0.29, 0.717) is 11.8 Å². The Balaban J connectivity index is 0.000000531. The second-order valence-electron chi connectivity index (χ2n) is 3.62. The van der Waals surface area contributed by atoms with Gasteiger partial charge in [0.15, 0.2) is 0 Å². The van der Waals surface area contributed by atoms with Crippen molar-refractivity contribution in [2.45, 2.75) is 39.2 Å². The summed E-state index contributed by atoms with van der Waals surface area (Å²) in [5.41, 5.74) is 2.65. The molecular formula is C13H21NO. The van der Waals surface area contributed by atoms with E-state index in [4.69, 9.17) is 0 Å². The van der Waals surface area contributed by atoms with Crippen LogP contribution in [0.3, 0.4) is 0 Å². The molecule has 2 heteroatoms. The molecule has 0 bridgehead atoms. The Kier molecular flexibility index (Phi) is 4.63. The van der Waals surface area contributed by atoms with Gasteiger partial charge in [-0.15, -0.1) is 0 Å². The first-order valence-corrected chi connectivity index (χ1v) is 5.80. The minimum atomic E-state index is 0.376. The van der Waals surface area contributed by atoms with Crippen molar-refractivity contribution in [3.8, 4) is 5.75 Å². The molecule has 2 rings (SSSR count). The minimum absolute atomic E-state index is 0.376. The van der Waals surface area contributed by atoms with Crippen LogP contribution in [0.2, 0.25) is 0 Å². The zero-order chi connectivity index (χ0) is 11.3. The van der Waals surface area contributed by atoms with Gasteiger partial charge >= 0.3 is 0 Å². The number of hydrogen-bond acceptors (Lipinski definition) is 2. The zero-order valence-corrected chi connectivity index (χ0v) is 9.88. The first-order chi connectivity index (χ1) is 7.31. The van der Waals surface area contributed by atoms with Crippen molar-refractivity contribution in [2.24, 2.45) is 0 Å². The van der Waals surface area contributed by atoms with Gasteiger partial charge in [0.2, 0.25) is 0 Å². The van der Waals surface area contributed by atoms with Gasteiger partial charge in [-0.1, -0.05) is 19.9 Å². The first-order valence-electron chi connectivity index (χ1n) is 5.80. The van der Waals surface area contributed by atoms with Crippen LogP contribution in [0.4, 0.5) is 0 Å². The van der Waals surface area contributed by atoms with Crippen LogP contribution in [-0.4, -0.2) is 12.2 Å². The maximum atomic E-state index is 9.37. The van der Waals surface area contributed by atoms with Crippen LogP contribution in [0.15, 0.2) is 18.2 Å². The van der Waals surface area contributed by atoms with Crippen molar-refractivity contribution in [3.05, 3.63) is 29.3 Å². The highest BCUT2D eigenvalue weighted by molar-refractivity contribution is 5.38. The molecule has 0 saturated heterocycles. The number of fused-ring (bicyclic) bond motifs is 1. The molecule has 2 nitrogen and oxygen atoms in total. The molecule has 0 fully saturated rings. The number of phenolic OH excluding ortho intramolecular Hbond substituents is 1. The van der Waals surface area contributed by atoms with Crippen molar-refractivity contribution in [2.75, 3.05) is 7.05 Å². The number of aryl methyl sites for hydroxylation is 1. The monoisotopic (exact) mass is 207 g/mol. The third-order valence-corrected chi connectivity index (χ3v) is 2.79. The third-order valence-electron chi connectivity index (χ3n) is 2.79. The lowest BCUT2D eigenvalue weighted by atomic mass is 9.88. The molecular weight excluding hydrogens is 186 g/mol. The van der Waals surface area contributed by atoms with E-state index in [1.807, 2.05) is 33.0 Å². The SMILES string of the molecule is CC.CNC1CCCc2ccc(O)cc21. The average Bonchev–Trinajstić information content (AvgIpc) is 2.31. The second kappa shape index (κ2) is 5.76. The summed E-state index contributed by atoms with van der Waals surface area (Å²) in [6.45, 7) is 4.00. The van der Waals surface area contributed by atoms with Gasteiger partial charge in [0.05, 0.1) is 0 Å². The fourth-order valence-electron chi connectivity index (χ4n) is 2.09. The fraction of sp³-hybridized carbons (Fsp3) is 0.538. The molecule has 0 amide bonds. The summed E-state index contributed by atoms with van der Waals surface area (Å²) in [5, 5.41) is 12.6. The second-order valence-corrected chi connectivity index (χ2v) is 3.62.